The van der Waals surface area contributed by atoms with Gasteiger partial charge in [-0.1, -0.05) is 67.7 Å². The topological polar surface area (TPSA) is 93.5 Å². The molecule has 0 aliphatic carbocycles. The van der Waals surface area contributed by atoms with E-state index >= 15 is 0 Å². The van der Waals surface area contributed by atoms with Gasteiger partial charge >= 0.3 is 5.69 Å². The Bertz CT molecular complexity index is 981. The number of aromatic nitrogens is 2. The van der Waals surface area contributed by atoms with Crippen molar-refractivity contribution in [2.75, 3.05) is 17.7 Å². The predicted molar refractivity (Wildman–Crippen MR) is 149 cm³/mol. The largest absolute Gasteiger partial charge is 0.393 e. The second kappa shape index (κ2) is 18.6. The number of unbranched alkanes of at least 4 members (excludes halogenated alkanes) is 1. The van der Waals surface area contributed by atoms with Gasteiger partial charge in [0.15, 0.2) is 0 Å². The second-order valence-electron chi connectivity index (χ2n) is 8.19. The van der Waals surface area contributed by atoms with E-state index in [4.69, 9.17) is 9.84 Å². The first kappa shape index (κ1) is 29.5. The van der Waals surface area contributed by atoms with E-state index in [2.05, 4.69) is 78.0 Å². The van der Waals surface area contributed by atoms with Crippen LogP contribution < -0.4 is 11.0 Å². The molecular weight excluding hydrogens is 474 g/mol. The van der Waals surface area contributed by atoms with Gasteiger partial charge < -0.3 is 15.2 Å². The Morgan fingerprint density at radius 2 is 1.69 bits per heavy atom. The molecule has 36 heavy (non-hydrogen) atoms. The standard InChI is InChI=1S/C28H39N3O4S/c1-2-3-4-5-6-7-8-9-10-11-12-13-14-15-16-17-18-19-25(33)29-24-20-21-31(28(34)30-24)26-23-36-27(22-32)35-26/h3-4,6-7,9-10,12-13,15-16,20-21,26-27,32H,2,5,8,11,14,17-19,22-23H2,1H3,(H,29,30,33,34)/b4-3-,7-6-,10-9-,13-12-,16-15-/t26-,27+/m0/s1. The zero-order valence-corrected chi connectivity index (χ0v) is 21.9. The lowest BCUT2D eigenvalue weighted by Gasteiger charge is -2.14. The minimum absolute atomic E-state index is 0.100. The monoisotopic (exact) mass is 513 g/mol. The van der Waals surface area contributed by atoms with Gasteiger partial charge in [0.2, 0.25) is 5.91 Å². The zero-order chi connectivity index (χ0) is 25.8. The highest BCUT2D eigenvalue weighted by atomic mass is 32.2. The predicted octanol–water partition coefficient (Wildman–Crippen LogP) is 5.68. The van der Waals surface area contributed by atoms with Crippen LogP contribution in [-0.2, 0) is 9.53 Å². The van der Waals surface area contributed by atoms with E-state index in [1.54, 1.807) is 12.3 Å². The molecule has 2 heterocycles. The maximum atomic E-state index is 12.3. The third-order valence-electron chi connectivity index (χ3n) is 5.22. The number of aliphatic hydroxyl groups is 1. The van der Waals surface area contributed by atoms with Crippen LogP contribution in [0.15, 0.2) is 77.8 Å². The molecule has 1 saturated heterocycles. The van der Waals surface area contributed by atoms with Crippen molar-refractivity contribution in [3.63, 3.8) is 0 Å². The molecule has 1 aliphatic heterocycles. The summed E-state index contributed by atoms with van der Waals surface area (Å²) in [5.74, 6) is 0.634. The van der Waals surface area contributed by atoms with E-state index < -0.39 is 11.9 Å². The SMILES string of the molecule is CC/C=C\C/C=C\C/C=C\C/C=C\C/C=C\CCCC(=O)Nc1ccn([C@@H]2CS[C@H](CO)O2)c(=O)n1. The van der Waals surface area contributed by atoms with E-state index in [1.807, 2.05) is 0 Å². The van der Waals surface area contributed by atoms with Crippen LogP contribution in [0, 0.1) is 0 Å². The van der Waals surface area contributed by atoms with Crippen LogP contribution in [0.4, 0.5) is 5.82 Å². The van der Waals surface area contributed by atoms with Crippen molar-refractivity contribution in [1.29, 1.82) is 0 Å². The number of ether oxygens (including phenoxy) is 1. The van der Waals surface area contributed by atoms with E-state index in [-0.39, 0.29) is 23.8 Å². The number of nitrogens with zero attached hydrogens (tertiary/aromatic N) is 2. The molecule has 196 valence electrons. The summed E-state index contributed by atoms with van der Waals surface area (Å²) in [7, 11) is 0. The van der Waals surface area contributed by atoms with Crippen LogP contribution in [0.1, 0.15) is 64.5 Å². The van der Waals surface area contributed by atoms with Crippen LogP contribution in [0.25, 0.3) is 0 Å². The number of carbonyl (C=O) groups is 1. The molecule has 7 nitrogen and oxygen atoms in total. The lowest BCUT2D eigenvalue weighted by atomic mass is 10.2. The van der Waals surface area contributed by atoms with E-state index in [0.29, 0.717) is 12.2 Å². The van der Waals surface area contributed by atoms with Crippen molar-refractivity contribution in [2.24, 2.45) is 0 Å². The minimum atomic E-state index is -0.490. The third kappa shape index (κ3) is 12.3. The summed E-state index contributed by atoms with van der Waals surface area (Å²) in [6.07, 6.45) is 29.5. The molecule has 1 fully saturated rings. The maximum absolute atomic E-state index is 12.3. The van der Waals surface area contributed by atoms with Crippen LogP contribution in [0.3, 0.4) is 0 Å². The Balaban J connectivity index is 1.54. The molecule has 2 atom stereocenters. The molecule has 8 heteroatoms. The Kier molecular flexibility index (Phi) is 15.2. The van der Waals surface area contributed by atoms with Gasteiger partial charge in [-0.25, -0.2) is 4.79 Å². The van der Waals surface area contributed by atoms with Gasteiger partial charge in [-0.2, -0.15) is 4.98 Å². The van der Waals surface area contributed by atoms with Crippen molar-refractivity contribution in [1.82, 2.24) is 9.55 Å². The van der Waals surface area contributed by atoms with Gasteiger partial charge in [0.1, 0.15) is 17.5 Å². The molecule has 0 bridgehead atoms. The first-order valence-electron chi connectivity index (χ1n) is 12.7. The van der Waals surface area contributed by atoms with Gasteiger partial charge in [0.05, 0.1) is 6.61 Å². The van der Waals surface area contributed by atoms with Crippen LogP contribution >= 0.6 is 11.8 Å². The Morgan fingerprint density at radius 3 is 2.25 bits per heavy atom. The number of anilines is 1. The number of hydrogen-bond acceptors (Lipinski definition) is 6. The molecule has 1 aromatic rings. The summed E-state index contributed by atoms with van der Waals surface area (Å²) in [5.41, 5.74) is -0.819. The van der Waals surface area contributed by atoms with Gasteiger partial charge in [-0.05, 0) is 51.0 Å². The number of carbonyl (C=O) groups excluding carboxylic acids is 1. The number of aliphatic hydroxyl groups excluding tert-OH is 1. The Hall–Kier alpha value is -2.68. The molecule has 0 saturated carbocycles. The zero-order valence-electron chi connectivity index (χ0n) is 21.1. The normalized spacial score (nSPS) is 18.6. The summed E-state index contributed by atoms with van der Waals surface area (Å²) in [6.45, 7) is 2.04. The second-order valence-corrected chi connectivity index (χ2v) is 9.38. The van der Waals surface area contributed by atoms with Crippen molar-refractivity contribution in [2.45, 2.75) is 70.0 Å². The molecule has 1 amide bonds. The number of rotatable bonds is 16. The average Bonchev–Trinajstić information content (AvgIpc) is 3.35. The van der Waals surface area contributed by atoms with E-state index in [1.165, 1.54) is 16.3 Å². The quantitative estimate of drug-likeness (QED) is 0.218. The highest BCUT2D eigenvalue weighted by Gasteiger charge is 2.27. The summed E-state index contributed by atoms with van der Waals surface area (Å²) in [6, 6.07) is 1.59. The smallest absolute Gasteiger partial charge is 0.351 e. The lowest BCUT2D eigenvalue weighted by molar-refractivity contribution is -0.116. The van der Waals surface area contributed by atoms with Gasteiger partial charge in [0, 0.05) is 18.4 Å². The molecule has 2 rings (SSSR count). The fourth-order valence-electron chi connectivity index (χ4n) is 3.34. The number of allylic oxidation sites excluding steroid dienone is 10. The first-order chi connectivity index (χ1) is 17.6. The first-order valence-corrected chi connectivity index (χ1v) is 13.7. The molecule has 1 aromatic heterocycles. The lowest BCUT2D eigenvalue weighted by Crippen LogP contribution is -2.29. The fraction of sp³-hybridized carbons (Fsp3) is 0.464. The van der Waals surface area contributed by atoms with Crippen molar-refractivity contribution >= 4 is 23.5 Å². The highest BCUT2D eigenvalue weighted by Crippen LogP contribution is 2.30. The number of amides is 1. The van der Waals surface area contributed by atoms with Crippen LogP contribution in [-0.4, -0.2) is 38.4 Å². The van der Waals surface area contributed by atoms with E-state index in [9.17, 15) is 9.59 Å². The van der Waals surface area contributed by atoms with Gasteiger partial charge in [0.25, 0.3) is 0 Å². The number of thioether (sulfide) groups is 1. The molecule has 0 aromatic carbocycles. The Labute approximate surface area is 218 Å². The summed E-state index contributed by atoms with van der Waals surface area (Å²) in [5, 5.41) is 11.8. The Morgan fingerprint density at radius 1 is 1.08 bits per heavy atom. The molecule has 1 aliphatic rings. The molecule has 0 spiro atoms. The van der Waals surface area contributed by atoms with Crippen molar-refractivity contribution in [3.8, 4) is 0 Å². The van der Waals surface area contributed by atoms with Crippen LogP contribution in [0.2, 0.25) is 0 Å². The summed E-state index contributed by atoms with van der Waals surface area (Å²) in [4.78, 5) is 28.3. The number of hydrogen-bond donors (Lipinski definition) is 2. The molecule has 0 radical (unpaired) electrons. The summed E-state index contributed by atoms with van der Waals surface area (Å²) >= 11 is 1.45. The summed E-state index contributed by atoms with van der Waals surface area (Å²) < 4.78 is 6.95. The van der Waals surface area contributed by atoms with Crippen molar-refractivity contribution < 1.29 is 14.6 Å². The molecular formula is C28H39N3O4S. The van der Waals surface area contributed by atoms with E-state index in [0.717, 1.165) is 44.9 Å². The highest BCUT2D eigenvalue weighted by molar-refractivity contribution is 8.00. The third-order valence-corrected chi connectivity index (χ3v) is 6.33. The average molecular weight is 514 g/mol. The van der Waals surface area contributed by atoms with Gasteiger partial charge in [-0.15, -0.1) is 11.8 Å². The van der Waals surface area contributed by atoms with Crippen LogP contribution in [0.5, 0.6) is 0 Å². The number of nitrogens with one attached hydrogen (secondary N) is 1. The molecule has 2 N–H and O–H groups in total. The van der Waals surface area contributed by atoms with Gasteiger partial charge in [-0.3, -0.25) is 9.36 Å². The van der Waals surface area contributed by atoms with Crippen molar-refractivity contribution in [3.05, 3.63) is 83.5 Å². The maximum Gasteiger partial charge on any atom is 0.351 e. The minimum Gasteiger partial charge on any atom is -0.393 e. The molecule has 0 unspecified atom stereocenters. The fourth-order valence-corrected chi connectivity index (χ4v) is 4.27.